The van der Waals surface area contributed by atoms with E-state index in [1.165, 1.54) is 25.2 Å². The van der Waals surface area contributed by atoms with Crippen molar-refractivity contribution in [1.29, 1.82) is 0 Å². The molecule has 0 aliphatic carbocycles. The molecule has 7 heteroatoms. The fourth-order valence-electron chi connectivity index (χ4n) is 1.79. The van der Waals surface area contributed by atoms with Gasteiger partial charge in [0.15, 0.2) is 0 Å². The Bertz CT molecular complexity index is 642. The smallest absolute Gasteiger partial charge is 0.315 e. The molecule has 0 amide bonds. The fraction of sp³-hybridized carbons (Fsp3) is 0.0769. The first-order chi connectivity index (χ1) is 9.54. The largest absolute Gasteiger partial charge is 0.382 e. The van der Waals surface area contributed by atoms with Crippen molar-refractivity contribution in [3.63, 3.8) is 0 Å². The van der Waals surface area contributed by atoms with Crippen molar-refractivity contribution in [3.05, 3.63) is 58.1 Å². The summed E-state index contributed by atoms with van der Waals surface area (Å²) in [6, 6.07) is 7.78. The molecule has 0 radical (unpaired) electrons. The third-order valence-corrected chi connectivity index (χ3v) is 2.71. The van der Waals surface area contributed by atoms with Gasteiger partial charge in [-0.05, 0) is 24.3 Å². The van der Waals surface area contributed by atoms with Crippen molar-refractivity contribution in [2.45, 2.75) is 0 Å². The van der Waals surface area contributed by atoms with Crippen LogP contribution in [-0.4, -0.2) is 12.0 Å². The molecule has 2 N–H and O–H groups in total. The minimum atomic E-state index is -0.825. The van der Waals surface area contributed by atoms with Crippen LogP contribution in [0.15, 0.2) is 36.4 Å². The molecule has 0 aliphatic rings. The monoisotopic (exact) mass is 279 g/mol. The van der Waals surface area contributed by atoms with Gasteiger partial charge in [-0.3, -0.25) is 10.1 Å². The number of halogens is 2. The zero-order valence-electron chi connectivity index (χ0n) is 10.5. The number of hydrogen-bond donors (Lipinski definition) is 2. The molecule has 0 fully saturated rings. The Morgan fingerprint density at radius 2 is 1.60 bits per heavy atom. The van der Waals surface area contributed by atoms with Gasteiger partial charge in [0, 0.05) is 7.05 Å². The highest BCUT2D eigenvalue weighted by Crippen LogP contribution is 2.35. The van der Waals surface area contributed by atoms with Gasteiger partial charge in [0.05, 0.1) is 4.92 Å². The lowest BCUT2D eigenvalue weighted by Gasteiger charge is -2.11. The third-order valence-electron chi connectivity index (χ3n) is 2.71. The topological polar surface area (TPSA) is 67.2 Å². The number of anilines is 3. The van der Waals surface area contributed by atoms with E-state index in [0.29, 0.717) is 0 Å². The molecule has 0 aliphatic heterocycles. The summed E-state index contributed by atoms with van der Waals surface area (Å²) in [5.74, 6) is -1.65. The Labute approximate surface area is 113 Å². The molecule has 5 nitrogen and oxygen atoms in total. The zero-order chi connectivity index (χ0) is 14.7. The Hall–Kier alpha value is -2.70. The number of rotatable bonds is 4. The highest BCUT2D eigenvalue weighted by Gasteiger charge is 2.20. The van der Waals surface area contributed by atoms with Crippen molar-refractivity contribution in [2.75, 3.05) is 17.7 Å². The zero-order valence-corrected chi connectivity index (χ0v) is 10.5. The van der Waals surface area contributed by atoms with E-state index in [1.54, 1.807) is 6.07 Å². The molecule has 20 heavy (non-hydrogen) atoms. The van der Waals surface area contributed by atoms with E-state index in [2.05, 4.69) is 10.6 Å². The third kappa shape index (κ3) is 2.51. The van der Waals surface area contributed by atoms with E-state index in [9.17, 15) is 18.9 Å². The number of nitro benzene ring substituents is 1. The lowest BCUT2D eigenvalue weighted by atomic mass is 10.2. The predicted octanol–water partition coefficient (Wildman–Crippen LogP) is 3.66. The SMILES string of the molecule is CNc1cccc(Nc2c(F)cccc2F)c1[N+](=O)[O-]. The minimum absolute atomic E-state index is 0.00542. The Balaban J connectivity index is 2.51. The minimum Gasteiger partial charge on any atom is -0.382 e. The first-order valence-corrected chi connectivity index (χ1v) is 5.70. The van der Waals surface area contributed by atoms with Crippen LogP contribution >= 0.6 is 0 Å². The Morgan fingerprint density at radius 3 is 2.15 bits per heavy atom. The fourth-order valence-corrected chi connectivity index (χ4v) is 1.79. The Kier molecular flexibility index (Phi) is 3.79. The lowest BCUT2D eigenvalue weighted by molar-refractivity contribution is -0.383. The summed E-state index contributed by atoms with van der Waals surface area (Å²) in [5, 5.41) is 16.2. The highest BCUT2D eigenvalue weighted by molar-refractivity contribution is 5.79. The number of benzene rings is 2. The molecule has 0 heterocycles. The average Bonchev–Trinajstić information content (AvgIpc) is 2.42. The molecular formula is C13H11F2N3O2. The molecule has 2 aromatic rings. The summed E-state index contributed by atoms with van der Waals surface area (Å²) >= 11 is 0. The second-order valence-corrected chi connectivity index (χ2v) is 3.93. The van der Waals surface area contributed by atoms with Crippen molar-refractivity contribution >= 4 is 22.7 Å². The number of nitrogens with zero attached hydrogens (tertiary/aromatic N) is 1. The van der Waals surface area contributed by atoms with Crippen LogP contribution in [-0.2, 0) is 0 Å². The summed E-state index contributed by atoms with van der Waals surface area (Å²) < 4.78 is 27.1. The molecule has 0 saturated carbocycles. The van der Waals surface area contributed by atoms with Crippen molar-refractivity contribution < 1.29 is 13.7 Å². The summed E-state index contributed by atoms with van der Waals surface area (Å²) in [7, 11) is 1.52. The van der Waals surface area contributed by atoms with Crippen LogP contribution in [0.4, 0.5) is 31.5 Å². The van der Waals surface area contributed by atoms with Crippen LogP contribution in [0.2, 0.25) is 0 Å². The number of hydrogen-bond acceptors (Lipinski definition) is 4. The van der Waals surface area contributed by atoms with E-state index in [1.807, 2.05) is 0 Å². The molecule has 0 unspecified atom stereocenters. The summed E-state index contributed by atoms with van der Waals surface area (Å²) in [6.07, 6.45) is 0. The normalized spacial score (nSPS) is 10.2. The average molecular weight is 279 g/mol. The predicted molar refractivity (Wildman–Crippen MR) is 72.3 cm³/mol. The first kappa shape index (κ1) is 13.7. The van der Waals surface area contributed by atoms with Gasteiger partial charge in [-0.25, -0.2) is 8.78 Å². The molecule has 0 spiro atoms. The van der Waals surface area contributed by atoms with Crippen LogP contribution in [0.25, 0.3) is 0 Å². The van der Waals surface area contributed by atoms with Gasteiger partial charge in [-0.15, -0.1) is 0 Å². The molecule has 104 valence electrons. The maximum absolute atomic E-state index is 13.6. The molecule has 0 aromatic heterocycles. The quantitative estimate of drug-likeness (QED) is 0.662. The Morgan fingerprint density at radius 1 is 1.05 bits per heavy atom. The van der Waals surface area contributed by atoms with E-state index < -0.39 is 22.2 Å². The van der Waals surface area contributed by atoms with Gasteiger partial charge >= 0.3 is 5.69 Å². The summed E-state index contributed by atoms with van der Waals surface area (Å²) in [6.45, 7) is 0. The van der Waals surface area contributed by atoms with Crippen LogP contribution in [0.3, 0.4) is 0 Å². The molecule has 0 bridgehead atoms. The van der Waals surface area contributed by atoms with Crippen molar-refractivity contribution in [2.24, 2.45) is 0 Å². The van der Waals surface area contributed by atoms with Crippen molar-refractivity contribution in [1.82, 2.24) is 0 Å². The maximum Gasteiger partial charge on any atom is 0.315 e. The molecule has 0 saturated heterocycles. The molecule has 0 atom stereocenters. The molecule has 2 aromatic carbocycles. The second kappa shape index (κ2) is 5.52. The van der Waals surface area contributed by atoms with E-state index in [4.69, 9.17) is 0 Å². The highest BCUT2D eigenvalue weighted by atomic mass is 19.1. The second-order valence-electron chi connectivity index (χ2n) is 3.93. The number of nitro groups is 1. The van der Waals surface area contributed by atoms with Gasteiger partial charge in [-0.1, -0.05) is 12.1 Å². The van der Waals surface area contributed by atoms with Gasteiger partial charge in [0.2, 0.25) is 0 Å². The summed E-state index contributed by atoms with van der Waals surface area (Å²) in [4.78, 5) is 10.5. The van der Waals surface area contributed by atoms with Gasteiger partial charge in [-0.2, -0.15) is 0 Å². The summed E-state index contributed by atoms with van der Waals surface area (Å²) in [5.41, 5.74) is -0.455. The first-order valence-electron chi connectivity index (χ1n) is 5.70. The van der Waals surface area contributed by atoms with Crippen LogP contribution in [0, 0.1) is 21.7 Å². The maximum atomic E-state index is 13.6. The molecular weight excluding hydrogens is 268 g/mol. The van der Waals surface area contributed by atoms with E-state index in [0.717, 1.165) is 12.1 Å². The van der Waals surface area contributed by atoms with Crippen molar-refractivity contribution in [3.8, 4) is 0 Å². The van der Waals surface area contributed by atoms with Gasteiger partial charge < -0.3 is 10.6 Å². The van der Waals surface area contributed by atoms with Gasteiger partial charge in [0.1, 0.15) is 28.7 Å². The van der Waals surface area contributed by atoms with Crippen LogP contribution < -0.4 is 10.6 Å². The van der Waals surface area contributed by atoms with Gasteiger partial charge in [0.25, 0.3) is 0 Å². The van der Waals surface area contributed by atoms with E-state index in [-0.39, 0.29) is 17.1 Å². The molecule has 2 rings (SSSR count). The number of nitrogens with one attached hydrogen (secondary N) is 2. The standard InChI is InChI=1S/C13H11F2N3O2/c1-16-10-6-3-7-11(13(10)18(19)20)17-12-8(14)4-2-5-9(12)15/h2-7,16-17H,1H3. The lowest BCUT2D eigenvalue weighted by Crippen LogP contribution is -2.03. The number of para-hydroxylation sites is 2. The van der Waals surface area contributed by atoms with Crippen LogP contribution in [0.5, 0.6) is 0 Å². The van der Waals surface area contributed by atoms with E-state index >= 15 is 0 Å². The van der Waals surface area contributed by atoms with Crippen LogP contribution in [0.1, 0.15) is 0 Å².